The maximum atomic E-state index is 6.07. The molecule has 1 aromatic rings. The molecule has 2 rings (SSSR count). The molecule has 1 N–H and O–H groups in total. The van der Waals surface area contributed by atoms with Gasteiger partial charge in [-0.05, 0) is 31.5 Å². The second-order valence-electron chi connectivity index (χ2n) is 5.39. The quantitative estimate of drug-likeness (QED) is 0.781. The first kappa shape index (κ1) is 17.0. The van der Waals surface area contributed by atoms with Gasteiger partial charge in [0.25, 0.3) is 0 Å². The summed E-state index contributed by atoms with van der Waals surface area (Å²) in [5.74, 6) is 1.26. The zero-order valence-electron chi connectivity index (χ0n) is 12.4. The molecule has 0 radical (unpaired) electrons. The van der Waals surface area contributed by atoms with E-state index in [4.69, 9.17) is 11.6 Å². The van der Waals surface area contributed by atoms with Gasteiger partial charge in [-0.3, -0.25) is 0 Å². The normalized spacial score (nSPS) is 28.5. The van der Waals surface area contributed by atoms with E-state index in [1.807, 2.05) is 6.07 Å². The predicted octanol–water partition coefficient (Wildman–Crippen LogP) is 4.94. The zero-order chi connectivity index (χ0) is 14.5. The van der Waals surface area contributed by atoms with E-state index in [0.717, 1.165) is 27.8 Å². The van der Waals surface area contributed by atoms with Crippen molar-refractivity contribution in [2.75, 3.05) is 12.3 Å². The Balaban J connectivity index is 1.99. The van der Waals surface area contributed by atoms with Crippen LogP contribution in [0.4, 0.5) is 0 Å². The molecule has 4 atom stereocenters. The van der Waals surface area contributed by atoms with Crippen LogP contribution in [0.3, 0.4) is 0 Å². The second kappa shape index (κ2) is 8.33. The Hall–Kier alpha value is 0.650. The molecule has 0 saturated carbocycles. The lowest BCUT2D eigenvalue weighted by Crippen LogP contribution is -2.44. The Morgan fingerprint density at radius 3 is 2.75 bits per heavy atom. The number of hydrogen-bond donors (Lipinski definition) is 1. The lowest BCUT2D eigenvalue weighted by atomic mass is 10.1. The number of nitrogens with one attached hydrogen (secondary N) is 1. The van der Waals surface area contributed by atoms with E-state index in [2.05, 4.69) is 55.7 Å². The molecular weight excluding hydrogens is 326 g/mol. The first-order valence-electron chi connectivity index (χ1n) is 7.34. The summed E-state index contributed by atoms with van der Waals surface area (Å²) in [4.78, 5) is 1.40. The van der Waals surface area contributed by atoms with Crippen LogP contribution in [-0.4, -0.2) is 34.1 Å². The van der Waals surface area contributed by atoms with Gasteiger partial charge < -0.3 is 5.32 Å². The van der Waals surface area contributed by atoms with Crippen LogP contribution in [0.2, 0.25) is 4.34 Å². The monoisotopic (exact) mass is 349 g/mol. The van der Waals surface area contributed by atoms with Gasteiger partial charge in [-0.15, -0.1) is 11.3 Å². The van der Waals surface area contributed by atoms with E-state index < -0.39 is 0 Å². The number of hydrogen-bond acceptors (Lipinski definition) is 4. The molecule has 1 saturated heterocycles. The van der Waals surface area contributed by atoms with Gasteiger partial charge in [-0.2, -0.15) is 23.5 Å². The van der Waals surface area contributed by atoms with Gasteiger partial charge in [0.1, 0.15) is 0 Å². The molecule has 4 unspecified atom stereocenters. The highest BCUT2D eigenvalue weighted by atomic mass is 35.5. The highest BCUT2D eigenvalue weighted by Crippen LogP contribution is 2.38. The summed E-state index contributed by atoms with van der Waals surface area (Å²) < 4.78 is 0.905. The van der Waals surface area contributed by atoms with Gasteiger partial charge in [0.2, 0.25) is 0 Å². The fourth-order valence-electron chi connectivity index (χ4n) is 2.36. The summed E-state index contributed by atoms with van der Waals surface area (Å²) >= 11 is 12.1. The number of thioether (sulfide) groups is 2. The van der Waals surface area contributed by atoms with Crippen LogP contribution >= 0.6 is 46.5 Å². The van der Waals surface area contributed by atoms with Crippen molar-refractivity contribution in [1.82, 2.24) is 5.32 Å². The van der Waals surface area contributed by atoms with Crippen LogP contribution < -0.4 is 5.32 Å². The Bertz CT molecular complexity index is 410. The summed E-state index contributed by atoms with van der Waals surface area (Å²) in [5.41, 5.74) is 0. The molecule has 20 heavy (non-hydrogen) atoms. The molecule has 0 aromatic carbocycles. The maximum absolute atomic E-state index is 6.07. The highest BCUT2D eigenvalue weighted by Gasteiger charge is 2.31. The Labute approximate surface area is 140 Å². The largest absolute Gasteiger partial charge is 0.312 e. The molecular formula is C15H24ClNS3. The summed E-state index contributed by atoms with van der Waals surface area (Å²) in [6.45, 7) is 8.06. The maximum Gasteiger partial charge on any atom is 0.0931 e. The molecule has 1 aliphatic rings. The molecule has 1 aliphatic heterocycles. The first-order valence-corrected chi connectivity index (χ1v) is 10.5. The van der Waals surface area contributed by atoms with Crippen LogP contribution in [0.15, 0.2) is 12.1 Å². The first-order chi connectivity index (χ1) is 9.60. The van der Waals surface area contributed by atoms with Gasteiger partial charge in [-0.25, -0.2) is 0 Å². The Morgan fingerprint density at radius 1 is 1.35 bits per heavy atom. The number of rotatable bonds is 6. The smallest absolute Gasteiger partial charge is 0.0931 e. The van der Waals surface area contributed by atoms with Crippen LogP contribution in [0.5, 0.6) is 0 Å². The van der Waals surface area contributed by atoms with Gasteiger partial charge >= 0.3 is 0 Å². The molecule has 5 heteroatoms. The summed E-state index contributed by atoms with van der Waals surface area (Å²) in [5, 5.41) is 5.99. The molecule has 1 nitrogen and oxygen atoms in total. The van der Waals surface area contributed by atoms with E-state index in [9.17, 15) is 0 Å². The van der Waals surface area contributed by atoms with Crippen molar-refractivity contribution in [1.29, 1.82) is 0 Å². The Morgan fingerprint density at radius 2 is 2.15 bits per heavy atom. The van der Waals surface area contributed by atoms with E-state index in [-0.39, 0.29) is 0 Å². The minimum atomic E-state index is 0.567. The van der Waals surface area contributed by atoms with Crippen molar-refractivity contribution >= 4 is 46.5 Å². The van der Waals surface area contributed by atoms with Crippen molar-refractivity contribution in [3.63, 3.8) is 0 Å². The lowest BCUT2D eigenvalue weighted by Gasteiger charge is -2.36. The van der Waals surface area contributed by atoms with Crippen LogP contribution in [0, 0.1) is 0 Å². The van der Waals surface area contributed by atoms with Gasteiger partial charge in [0.05, 0.1) is 4.34 Å². The molecule has 1 fully saturated rings. The summed E-state index contributed by atoms with van der Waals surface area (Å²) in [6.07, 6.45) is 2.30. The molecule has 0 aliphatic carbocycles. The third kappa shape index (κ3) is 4.84. The average Bonchev–Trinajstić information content (AvgIpc) is 2.83. The molecule has 0 spiro atoms. The van der Waals surface area contributed by atoms with Crippen molar-refractivity contribution in [2.24, 2.45) is 0 Å². The van der Waals surface area contributed by atoms with Crippen molar-refractivity contribution < 1.29 is 0 Å². The Kier molecular flexibility index (Phi) is 7.08. The van der Waals surface area contributed by atoms with Crippen LogP contribution in [-0.2, 0) is 6.42 Å². The molecule has 0 bridgehead atoms. The minimum Gasteiger partial charge on any atom is -0.312 e. The third-order valence-electron chi connectivity index (χ3n) is 3.73. The van der Waals surface area contributed by atoms with E-state index in [1.54, 1.807) is 11.3 Å². The second-order valence-corrected chi connectivity index (χ2v) is 10.2. The van der Waals surface area contributed by atoms with Crippen molar-refractivity contribution in [2.45, 2.75) is 55.4 Å². The average molecular weight is 350 g/mol. The van der Waals surface area contributed by atoms with Crippen molar-refractivity contribution in [3.8, 4) is 0 Å². The predicted molar refractivity (Wildman–Crippen MR) is 97.9 cm³/mol. The van der Waals surface area contributed by atoms with Gasteiger partial charge in [-0.1, -0.05) is 32.4 Å². The number of thiophene rings is 1. The zero-order valence-corrected chi connectivity index (χ0v) is 15.6. The molecule has 2 heterocycles. The third-order valence-corrected chi connectivity index (χ3v) is 8.53. The van der Waals surface area contributed by atoms with Crippen LogP contribution in [0.25, 0.3) is 0 Å². The fourth-order valence-corrected chi connectivity index (χ4v) is 6.64. The SMILES string of the molecule is CCCNC(Cc1ccc(Cl)s1)C1CSC(C)C(C)S1. The topological polar surface area (TPSA) is 12.0 Å². The fraction of sp³-hybridized carbons (Fsp3) is 0.733. The highest BCUT2D eigenvalue weighted by molar-refractivity contribution is 8.07. The van der Waals surface area contributed by atoms with Crippen molar-refractivity contribution in [3.05, 3.63) is 21.3 Å². The summed E-state index contributed by atoms with van der Waals surface area (Å²) in [6, 6.07) is 4.77. The molecule has 114 valence electrons. The summed E-state index contributed by atoms with van der Waals surface area (Å²) in [7, 11) is 0. The van der Waals surface area contributed by atoms with E-state index in [0.29, 0.717) is 11.3 Å². The van der Waals surface area contributed by atoms with Crippen LogP contribution in [0.1, 0.15) is 32.1 Å². The lowest BCUT2D eigenvalue weighted by molar-refractivity contribution is 0.506. The number of halogens is 1. The van der Waals surface area contributed by atoms with E-state index >= 15 is 0 Å². The standard InChI is InChI=1S/C15H24ClNS3/c1-4-7-17-13(8-12-5-6-15(16)20-12)14-9-18-10(2)11(3)19-14/h5-6,10-11,13-14,17H,4,7-9H2,1-3H3. The molecule has 1 aromatic heterocycles. The minimum absolute atomic E-state index is 0.567. The van der Waals surface area contributed by atoms with E-state index in [1.165, 1.54) is 17.1 Å². The van der Waals surface area contributed by atoms with Gasteiger partial charge in [0, 0.05) is 32.4 Å². The van der Waals surface area contributed by atoms with Gasteiger partial charge in [0.15, 0.2) is 0 Å². The molecule has 0 amide bonds.